The van der Waals surface area contributed by atoms with Crippen LogP contribution in [-0.4, -0.2) is 43.3 Å². The molecule has 2 amide bonds. The van der Waals surface area contributed by atoms with Crippen LogP contribution in [0.1, 0.15) is 24.0 Å². The molecule has 0 radical (unpaired) electrons. The highest BCUT2D eigenvalue weighted by atomic mass is 35.5. The van der Waals surface area contributed by atoms with Gasteiger partial charge < -0.3 is 20.1 Å². The van der Waals surface area contributed by atoms with Crippen LogP contribution in [0.3, 0.4) is 0 Å². The zero-order chi connectivity index (χ0) is 20.1. The van der Waals surface area contributed by atoms with Gasteiger partial charge in [-0.05, 0) is 42.6 Å². The molecule has 29 heavy (non-hydrogen) atoms. The van der Waals surface area contributed by atoms with Crippen molar-refractivity contribution in [3.05, 3.63) is 58.6 Å². The minimum absolute atomic E-state index is 0.149. The van der Waals surface area contributed by atoms with Crippen molar-refractivity contribution in [1.82, 2.24) is 15.5 Å². The van der Waals surface area contributed by atoms with Gasteiger partial charge in [-0.1, -0.05) is 41.9 Å². The van der Waals surface area contributed by atoms with Gasteiger partial charge in [0.05, 0.1) is 5.02 Å². The number of nitrogens with one attached hydrogen (secondary N) is 2. The largest absolute Gasteiger partial charge is 0.486 e. The fourth-order valence-electron chi connectivity index (χ4n) is 3.84. The van der Waals surface area contributed by atoms with Crippen LogP contribution in [0, 0.1) is 0 Å². The summed E-state index contributed by atoms with van der Waals surface area (Å²) in [4.78, 5) is 14.8. The molecule has 1 atom stereocenters. The predicted molar refractivity (Wildman–Crippen MR) is 113 cm³/mol. The third kappa shape index (κ3) is 5.34. The summed E-state index contributed by atoms with van der Waals surface area (Å²) in [6, 6.07) is 14.1. The van der Waals surface area contributed by atoms with Crippen LogP contribution < -0.4 is 20.1 Å². The summed E-state index contributed by atoms with van der Waals surface area (Å²) >= 11 is 6.26. The number of hydrogen-bond acceptors (Lipinski definition) is 4. The zero-order valence-corrected chi connectivity index (χ0v) is 17.1. The first kappa shape index (κ1) is 19.9. The molecule has 1 unspecified atom stereocenters. The Morgan fingerprint density at radius 3 is 2.83 bits per heavy atom. The van der Waals surface area contributed by atoms with Crippen molar-refractivity contribution >= 4 is 17.6 Å². The fraction of sp³-hybridized carbons (Fsp3) is 0.409. The molecule has 2 aliphatic heterocycles. The van der Waals surface area contributed by atoms with Crippen LogP contribution in [0.2, 0.25) is 5.02 Å². The minimum atomic E-state index is -0.164. The molecule has 6 nitrogen and oxygen atoms in total. The molecule has 0 bridgehead atoms. The first-order chi connectivity index (χ1) is 14.2. The average molecular weight is 416 g/mol. The van der Waals surface area contributed by atoms with Gasteiger partial charge in [0.15, 0.2) is 11.5 Å². The van der Waals surface area contributed by atoms with Crippen LogP contribution in [0.4, 0.5) is 4.79 Å². The number of urea groups is 1. The first-order valence-corrected chi connectivity index (χ1v) is 10.4. The lowest BCUT2D eigenvalue weighted by atomic mass is 10.0. The van der Waals surface area contributed by atoms with E-state index in [4.69, 9.17) is 21.1 Å². The highest BCUT2D eigenvalue weighted by Gasteiger charge is 2.22. The van der Waals surface area contributed by atoms with Crippen molar-refractivity contribution < 1.29 is 14.3 Å². The smallest absolute Gasteiger partial charge is 0.315 e. The van der Waals surface area contributed by atoms with Crippen molar-refractivity contribution in [2.24, 2.45) is 0 Å². The highest BCUT2D eigenvalue weighted by Crippen LogP contribution is 2.38. The van der Waals surface area contributed by atoms with E-state index in [0.717, 1.165) is 38.0 Å². The van der Waals surface area contributed by atoms with E-state index in [0.29, 0.717) is 36.3 Å². The molecule has 4 rings (SSSR count). The summed E-state index contributed by atoms with van der Waals surface area (Å²) in [6.45, 7) is 4.21. The first-order valence-electron chi connectivity index (χ1n) is 10.1. The van der Waals surface area contributed by atoms with E-state index >= 15 is 0 Å². The summed E-state index contributed by atoms with van der Waals surface area (Å²) in [5, 5.41) is 6.53. The van der Waals surface area contributed by atoms with Crippen LogP contribution in [0.15, 0.2) is 42.5 Å². The Labute approximate surface area is 176 Å². The van der Waals surface area contributed by atoms with Gasteiger partial charge in [0.2, 0.25) is 0 Å². The molecule has 2 aromatic rings. The molecule has 2 aliphatic rings. The van der Waals surface area contributed by atoms with E-state index in [-0.39, 0.29) is 12.1 Å². The monoisotopic (exact) mass is 415 g/mol. The number of amides is 2. The molecule has 1 fully saturated rings. The summed E-state index contributed by atoms with van der Waals surface area (Å²) in [7, 11) is 0. The van der Waals surface area contributed by atoms with Crippen molar-refractivity contribution in [2.45, 2.75) is 32.0 Å². The lowest BCUT2D eigenvalue weighted by Gasteiger charge is -2.33. The van der Waals surface area contributed by atoms with E-state index in [1.54, 1.807) is 6.07 Å². The summed E-state index contributed by atoms with van der Waals surface area (Å²) < 4.78 is 11.1. The van der Waals surface area contributed by atoms with E-state index in [1.807, 2.05) is 12.1 Å². The number of nitrogens with zero attached hydrogens (tertiary/aromatic N) is 1. The van der Waals surface area contributed by atoms with Gasteiger partial charge in [-0.3, -0.25) is 4.90 Å². The maximum atomic E-state index is 12.4. The Morgan fingerprint density at radius 1 is 1.14 bits per heavy atom. The maximum absolute atomic E-state index is 12.4. The standard InChI is InChI=1S/C22H26ClN3O3/c23-19-11-17(12-20-21(19)29-10-9-28-20)13-24-22(27)25-18-7-4-8-26(15-18)14-16-5-2-1-3-6-16/h1-3,5-6,11-12,18H,4,7-10,13-15H2,(H2,24,25,27). The number of likely N-dealkylation sites (tertiary alicyclic amines) is 1. The summed E-state index contributed by atoms with van der Waals surface area (Å²) in [6.07, 6.45) is 2.07. The van der Waals surface area contributed by atoms with Crippen LogP contribution >= 0.6 is 11.6 Å². The normalized spacial score (nSPS) is 18.9. The van der Waals surface area contributed by atoms with Crippen LogP contribution in [0.25, 0.3) is 0 Å². The van der Waals surface area contributed by atoms with Crippen molar-refractivity contribution in [2.75, 3.05) is 26.3 Å². The SMILES string of the molecule is O=C(NCc1cc(Cl)c2c(c1)OCCO2)NC1CCCN(Cc2ccccc2)C1. The minimum Gasteiger partial charge on any atom is -0.486 e. The maximum Gasteiger partial charge on any atom is 0.315 e. The molecule has 2 heterocycles. The fourth-order valence-corrected chi connectivity index (χ4v) is 4.13. The van der Waals surface area contributed by atoms with Crippen LogP contribution in [-0.2, 0) is 13.1 Å². The second kappa shape index (κ2) is 9.37. The molecule has 7 heteroatoms. The summed E-state index contributed by atoms with van der Waals surface area (Å²) in [5.74, 6) is 1.21. The molecule has 0 aliphatic carbocycles. The molecular formula is C22H26ClN3O3. The molecule has 2 aromatic carbocycles. The third-order valence-corrected chi connectivity index (χ3v) is 5.48. The van der Waals surface area contributed by atoms with Gasteiger partial charge in [-0.25, -0.2) is 4.79 Å². The number of piperidine rings is 1. The summed E-state index contributed by atoms with van der Waals surface area (Å²) in [5.41, 5.74) is 2.18. The van der Waals surface area contributed by atoms with Crippen molar-refractivity contribution in [3.63, 3.8) is 0 Å². The number of carbonyl (C=O) groups excluding carboxylic acids is 1. The van der Waals surface area contributed by atoms with E-state index in [9.17, 15) is 4.79 Å². The molecule has 0 aromatic heterocycles. The lowest BCUT2D eigenvalue weighted by molar-refractivity contribution is 0.171. The molecule has 2 N–H and O–H groups in total. The molecule has 1 saturated heterocycles. The molecule has 0 spiro atoms. The Kier molecular flexibility index (Phi) is 6.42. The quantitative estimate of drug-likeness (QED) is 0.783. The van der Waals surface area contributed by atoms with Crippen molar-refractivity contribution in [1.29, 1.82) is 0 Å². The van der Waals surface area contributed by atoms with Gasteiger partial charge >= 0.3 is 6.03 Å². The Balaban J connectivity index is 1.27. The number of benzene rings is 2. The Hall–Kier alpha value is -2.44. The molecular weight excluding hydrogens is 390 g/mol. The van der Waals surface area contributed by atoms with Gasteiger partial charge in [0, 0.05) is 25.7 Å². The predicted octanol–water partition coefficient (Wildman–Crippen LogP) is 3.58. The highest BCUT2D eigenvalue weighted by molar-refractivity contribution is 6.32. The number of carbonyl (C=O) groups is 1. The number of hydrogen-bond donors (Lipinski definition) is 2. The molecule has 154 valence electrons. The van der Waals surface area contributed by atoms with E-state index in [1.165, 1.54) is 5.56 Å². The lowest BCUT2D eigenvalue weighted by Crippen LogP contribution is -2.50. The number of fused-ring (bicyclic) bond motifs is 1. The average Bonchev–Trinajstić information content (AvgIpc) is 2.73. The van der Waals surface area contributed by atoms with E-state index in [2.05, 4.69) is 39.8 Å². The molecule has 0 saturated carbocycles. The zero-order valence-electron chi connectivity index (χ0n) is 16.3. The Bertz CT molecular complexity index is 847. The number of ether oxygens (including phenoxy) is 2. The van der Waals surface area contributed by atoms with Gasteiger partial charge in [-0.15, -0.1) is 0 Å². The second-order valence-corrected chi connectivity index (χ2v) is 7.90. The van der Waals surface area contributed by atoms with Crippen molar-refractivity contribution in [3.8, 4) is 11.5 Å². The second-order valence-electron chi connectivity index (χ2n) is 7.49. The number of rotatable bonds is 5. The van der Waals surface area contributed by atoms with Crippen LogP contribution in [0.5, 0.6) is 11.5 Å². The van der Waals surface area contributed by atoms with Gasteiger partial charge in [0.1, 0.15) is 13.2 Å². The number of halogens is 1. The topological polar surface area (TPSA) is 62.8 Å². The Morgan fingerprint density at radius 2 is 1.97 bits per heavy atom. The van der Waals surface area contributed by atoms with Gasteiger partial charge in [0.25, 0.3) is 0 Å². The van der Waals surface area contributed by atoms with E-state index < -0.39 is 0 Å². The van der Waals surface area contributed by atoms with Gasteiger partial charge in [-0.2, -0.15) is 0 Å². The third-order valence-electron chi connectivity index (χ3n) is 5.20.